The van der Waals surface area contributed by atoms with E-state index in [2.05, 4.69) is 20.9 Å². The molecular weight excluding hydrogens is 248 g/mol. The van der Waals surface area contributed by atoms with Gasteiger partial charge in [-0.15, -0.1) is 0 Å². The van der Waals surface area contributed by atoms with Crippen LogP contribution in [0, 0.1) is 6.92 Å². The van der Waals surface area contributed by atoms with Crippen LogP contribution in [-0.4, -0.2) is 20.5 Å². The first-order valence-corrected chi connectivity index (χ1v) is 4.76. The molecule has 72 valence electrons. The van der Waals surface area contributed by atoms with E-state index in [-0.39, 0.29) is 5.69 Å². The van der Waals surface area contributed by atoms with Gasteiger partial charge in [0.1, 0.15) is 5.65 Å². The van der Waals surface area contributed by atoms with E-state index in [9.17, 15) is 4.79 Å². The molecule has 0 aliphatic carbocycles. The number of rotatable bonds is 1. The fourth-order valence-electron chi connectivity index (χ4n) is 1.34. The van der Waals surface area contributed by atoms with E-state index in [1.165, 1.54) is 0 Å². The van der Waals surface area contributed by atoms with E-state index < -0.39 is 5.97 Å². The number of fused-ring (bicyclic) bond motifs is 1. The van der Waals surface area contributed by atoms with Gasteiger partial charge in [0.15, 0.2) is 5.69 Å². The van der Waals surface area contributed by atoms with Gasteiger partial charge in [-0.05, 0) is 19.1 Å². The number of aryl methyl sites for hydroxylation is 1. The summed E-state index contributed by atoms with van der Waals surface area (Å²) in [6.45, 7) is 1.73. The maximum absolute atomic E-state index is 10.8. The number of hydrogen-bond donors (Lipinski definition) is 1. The number of imidazole rings is 1. The first-order chi connectivity index (χ1) is 6.59. The molecule has 4 nitrogen and oxygen atoms in total. The summed E-state index contributed by atoms with van der Waals surface area (Å²) in [7, 11) is 0. The second kappa shape index (κ2) is 3.09. The molecule has 2 aromatic rings. The third kappa shape index (κ3) is 1.29. The van der Waals surface area contributed by atoms with Crippen LogP contribution in [0.2, 0.25) is 0 Å². The fraction of sp³-hybridized carbons (Fsp3) is 0.111. The quantitative estimate of drug-likeness (QED) is 0.848. The predicted octanol–water partition coefficient (Wildman–Crippen LogP) is 2.10. The van der Waals surface area contributed by atoms with Gasteiger partial charge in [-0.1, -0.05) is 15.9 Å². The summed E-state index contributed by atoms with van der Waals surface area (Å²) < 4.78 is 2.63. The van der Waals surface area contributed by atoms with E-state index in [1.54, 1.807) is 23.6 Å². The lowest BCUT2D eigenvalue weighted by Gasteiger charge is -1.95. The average molecular weight is 255 g/mol. The second-order valence-corrected chi connectivity index (χ2v) is 3.84. The van der Waals surface area contributed by atoms with Gasteiger partial charge >= 0.3 is 5.97 Å². The van der Waals surface area contributed by atoms with Crippen molar-refractivity contribution in [2.24, 2.45) is 0 Å². The van der Waals surface area contributed by atoms with Crippen molar-refractivity contribution in [2.45, 2.75) is 6.92 Å². The van der Waals surface area contributed by atoms with Crippen LogP contribution >= 0.6 is 15.9 Å². The number of aromatic carboxylic acids is 1. The maximum Gasteiger partial charge on any atom is 0.356 e. The highest BCUT2D eigenvalue weighted by Crippen LogP contribution is 2.16. The predicted molar refractivity (Wildman–Crippen MR) is 54.6 cm³/mol. The van der Waals surface area contributed by atoms with Gasteiger partial charge in [0.2, 0.25) is 0 Å². The molecule has 0 fully saturated rings. The Morgan fingerprint density at radius 3 is 3.00 bits per heavy atom. The number of carboxylic acids is 1. The summed E-state index contributed by atoms with van der Waals surface area (Å²) in [6.07, 6.45) is 1.79. The van der Waals surface area contributed by atoms with Crippen LogP contribution in [0.15, 0.2) is 22.8 Å². The van der Waals surface area contributed by atoms with E-state index in [1.807, 2.05) is 6.07 Å². The van der Waals surface area contributed by atoms with Gasteiger partial charge in [-0.25, -0.2) is 9.78 Å². The second-order valence-electron chi connectivity index (χ2n) is 2.92. The summed E-state index contributed by atoms with van der Waals surface area (Å²) in [5, 5.41) is 8.85. The largest absolute Gasteiger partial charge is 0.476 e. The summed E-state index contributed by atoms with van der Waals surface area (Å²) in [4.78, 5) is 14.8. The number of carboxylic acid groups (broad SMARTS) is 1. The molecule has 0 bridgehead atoms. The van der Waals surface area contributed by atoms with Crippen molar-refractivity contribution < 1.29 is 9.90 Å². The molecule has 0 unspecified atom stereocenters. The van der Waals surface area contributed by atoms with Gasteiger partial charge in [-0.3, -0.25) is 0 Å². The molecule has 0 atom stereocenters. The maximum atomic E-state index is 10.8. The molecule has 1 N–H and O–H groups in total. The highest BCUT2D eigenvalue weighted by molar-refractivity contribution is 9.10. The Morgan fingerprint density at radius 1 is 1.64 bits per heavy atom. The Hall–Kier alpha value is -1.36. The minimum absolute atomic E-state index is 0.100. The van der Waals surface area contributed by atoms with Gasteiger partial charge in [0.05, 0.1) is 5.69 Å². The van der Waals surface area contributed by atoms with Gasteiger partial charge in [0, 0.05) is 10.7 Å². The molecule has 0 radical (unpaired) electrons. The summed E-state index contributed by atoms with van der Waals surface area (Å²) in [5.41, 5.74) is 1.37. The fourth-order valence-corrected chi connectivity index (χ4v) is 1.67. The lowest BCUT2D eigenvalue weighted by atomic mass is 10.3. The average Bonchev–Trinajstić information content (AvgIpc) is 2.43. The van der Waals surface area contributed by atoms with Crippen LogP contribution in [-0.2, 0) is 0 Å². The van der Waals surface area contributed by atoms with Crippen molar-refractivity contribution in [3.63, 3.8) is 0 Å². The number of halogens is 1. The lowest BCUT2D eigenvalue weighted by Crippen LogP contribution is -1.99. The molecule has 0 aromatic carbocycles. The summed E-state index contributed by atoms with van der Waals surface area (Å²) in [6, 6.07) is 3.62. The standard InChI is InChI=1S/C9H7BrN2O2/c1-5-8(9(13)14)11-7-4-6(10)2-3-12(5)7/h2-4H,1H3,(H,13,14). The van der Waals surface area contributed by atoms with Crippen molar-refractivity contribution >= 4 is 27.5 Å². The summed E-state index contributed by atoms with van der Waals surface area (Å²) in [5.74, 6) is -0.998. The van der Waals surface area contributed by atoms with Crippen molar-refractivity contribution in [2.75, 3.05) is 0 Å². The Balaban J connectivity index is 2.79. The molecule has 5 heteroatoms. The molecular formula is C9H7BrN2O2. The molecule has 2 aromatic heterocycles. The van der Waals surface area contributed by atoms with Crippen molar-refractivity contribution in [3.05, 3.63) is 34.2 Å². The molecule has 14 heavy (non-hydrogen) atoms. The van der Waals surface area contributed by atoms with Crippen LogP contribution in [0.1, 0.15) is 16.2 Å². The monoisotopic (exact) mass is 254 g/mol. The molecule has 0 saturated heterocycles. The topological polar surface area (TPSA) is 54.6 Å². The normalized spacial score (nSPS) is 10.7. The highest BCUT2D eigenvalue weighted by Gasteiger charge is 2.13. The zero-order valence-corrected chi connectivity index (χ0v) is 8.95. The van der Waals surface area contributed by atoms with E-state index in [4.69, 9.17) is 5.11 Å². The molecule has 0 saturated carbocycles. The van der Waals surface area contributed by atoms with Crippen molar-refractivity contribution in [3.8, 4) is 0 Å². The van der Waals surface area contributed by atoms with Crippen molar-refractivity contribution in [1.29, 1.82) is 0 Å². The van der Waals surface area contributed by atoms with E-state index in [0.29, 0.717) is 11.3 Å². The Bertz CT molecular complexity index is 519. The SMILES string of the molecule is Cc1c(C(=O)O)nc2cc(Br)ccn12. The lowest BCUT2D eigenvalue weighted by molar-refractivity contribution is 0.0690. The smallest absolute Gasteiger partial charge is 0.356 e. The first-order valence-electron chi connectivity index (χ1n) is 3.97. The third-order valence-electron chi connectivity index (χ3n) is 2.03. The van der Waals surface area contributed by atoms with Crippen LogP contribution in [0.5, 0.6) is 0 Å². The van der Waals surface area contributed by atoms with Crippen LogP contribution in [0.4, 0.5) is 0 Å². The molecule has 2 rings (SSSR count). The molecule has 0 spiro atoms. The minimum Gasteiger partial charge on any atom is -0.476 e. The van der Waals surface area contributed by atoms with E-state index >= 15 is 0 Å². The zero-order valence-electron chi connectivity index (χ0n) is 7.36. The first kappa shape index (κ1) is 9.21. The number of hydrogen-bond acceptors (Lipinski definition) is 2. The molecule has 0 aliphatic heterocycles. The van der Waals surface area contributed by atoms with E-state index in [0.717, 1.165) is 4.47 Å². The highest BCUT2D eigenvalue weighted by atomic mass is 79.9. The van der Waals surface area contributed by atoms with Crippen molar-refractivity contribution in [1.82, 2.24) is 9.38 Å². The molecule has 0 amide bonds. The number of pyridine rings is 1. The Labute approximate surface area is 88.3 Å². The molecule has 2 heterocycles. The molecule has 0 aliphatic rings. The van der Waals surface area contributed by atoms with Crippen LogP contribution < -0.4 is 0 Å². The third-order valence-corrected chi connectivity index (χ3v) is 2.52. The minimum atomic E-state index is -0.998. The Kier molecular flexibility index (Phi) is 2.03. The van der Waals surface area contributed by atoms with Crippen LogP contribution in [0.3, 0.4) is 0 Å². The number of nitrogens with zero attached hydrogens (tertiary/aromatic N) is 2. The number of aromatic nitrogens is 2. The van der Waals surface area contributed by atoms with Gasteiger partial charge in [0.25, 0.3) is 0 Å². The number of carbonyl (C=O) groups is 1. The van der Waals surface area contributed by atoms with Gasteiger partial charge < -0.3 is 9.51 Å². The zero-order chi connectivity index (χ0) is 10.3. The van der Waals surface area contributed by atoms with Crippen LogP contribution in [0.25, 0.3) is 5.65 Å². The summed E-state index contributed by atoms with van der Waals surface area (Å²) >= 11 is 3.30. The Morgan fingerprint density at radius 2 is 2.36 bits per heavy atom. The van der Waals surface area contributed by atoms with Gasteiger partial charge in [-0.2, -0.15) is 0 Å².